The van der Waals surface area contributed by atoms with Crippen LogP contribution in [0, 0.1) is 0 Å². The average molecular weight is 338 g/mol. The minimum Gasteiger partial charge on any atom is -0.493 e. The molecule has 1 aromatic carbocycles. The molecule has 3 rings (SSSR count). The van der Waals surface area contributed by atoms with E-state index in [2.05, 4.69) is 5.16 Å². The van der Waals surface area contributed by atoms with Crippen molar-refractivity contribution in [1.29, 1.82) is 0 Å². The molecule has 1 aliphatic carbocycles. The normalized spacial score (nSPS) is 14.9. The van der Waals surface area contributed by atoms with E-state index in [0.29, 0.717) is 27.8 Å². The molecule has 1 fully saturated rings. The van der Waals surface area contributed by atoms with E-state index in [1.807, 2.05) is 0 Å². The van der Waals surface area contributed by atoms with Crippen molar-refractivity contribution in [3.05, 3.63) is 29.0 Å². The number of hydrogen-bond donors (Lipinski definition) is 1. The van der Waals surface area contributed by atoms with Gasteiger partial charge < -0.3 is 19.1 Å². The second-order valence-corrected chi connectivity index (χ2v) is 5.77. The Morgan fingerprint density at radius 1 is 1.39 bits per heavy atom. The van der Waals surface area contributed by atoms with Gasteiger partial charge in [0.05, 0.1) is 23.8 Å². The molecule has 1 N–H and O–H groups in total. The fraction of sp³-hybridized carbons (Fsp3) is 0.375. The molecule has 2 aromatic rings. The van der Waals surface area contributed by atoms with Gasteiger partial charge in [0.2, 0.25) is 5.76 Å². The summed E-state index contributed by atoms with van der Waals surface area (Å²) in [7, 11) is 1.54. The SMILES string of the molecule is COc1ccc(Cl)c(-c2cc(C(=O)O)on2)c1OC1CCCC1. The van der Waals surface area contributed by atoms with Gasteiger partial charge in [0.25, 0.3) is 0 Å². The molecule has 0 amide bonds. The zero-order valence-corrected chi connectivity index (χ0v) is 13.3. The Balaban J connectivity index is 2.07. The summed E-state index contributed by atoms with van der Waals surface area (Å²) < 4.78 is 16.3. The molecule has 0 radical (unpaired) electrons. The fourth-order valence-electron chi connectivity index (χ4n) is 2.72. The largest absolute Gasteiger partial charge is 0.493 e. The third-order valence-corrected chi connectivity index (χ3v) is 4.17. The second-order valence-electron chi connectivity index (χ2n) is 5.36. The van der Waals surface area contributed by atoms with Crippen LogP contribution in [0.1, 0.15) is 36.2 Å². The van der Waals surface area contributed by atoms with Crippen molar-refractivity contribution < 1.29 is 23.9 Å². The topological polar surface area (TPSA) is 81.8 Å². The standard InChI is InChI=1S/C16H16ClNO5/c1-21-12-7-6-10(17)14(11-8-13(16(19)20)23-18-11)15(12)22-9-4-2-3-5-9/h6-9H,2-5H2,1H3,(H,19,20). The van der Waals surface area contributed by atoms with E-state index in [4.69, 9.17) is 30.7 Å². The second kappa shape index (κ2) is 6.50. The van der Waals surface area contributed by atoms with Crippen molar-refractivity contribution in [2.75, 3.05) is 7.11 Å². The maximum absolute atomic E-state index is 11.0. The highest BCUT2D eigenvalue weighted by Crippen LogP contribution is 2.44. The van der Waals surface area contributed by atoms with E-state index in [-0.39, 0.29) is 11.9 Å². The van der Waals surface area contributed by atoms with Crippen molar-refractivity contribution in [3.63, 3.8) is 0 Å². The Bertz CT molecular complexity index is 721. The maximum atomic E-state index is 11.0. The Hall–Kier alpha value is -2.21. The number of rotatable bonds is 5. The van der Waals surface area contributed by atoms with Gasteiger partial charge in [-0.05, 0) is 37.8 Å². The summed E-state index contributed by atoms with van der Waals surface area (Å²) in [5.74, 6) is -0.458. The first-order valence-corrected chi connectivity index (χ1v) is 7.71. The smallest absolute Gasteiger partial charge is 0.374 e. The summed E-state index contributed by atoms with van der Waals surface area (Å²) in [5.41, 5.74) is 0.786. The third-order valence-electron chi connectivity index (χ3n) is 3.85. The lowest BCUT2D eigenvalue weighted by Crippen LogP contribution is -2.12. The van der Waals surface area contributed by atoms with Crippen LogP contribution in [-0.4, -0.2) is 29.4 Å². The van der Waals surface area contributed by atoms with Crippen LogP contribution in [0.3, 0.4) is 0 Å². The summed E-state index contributed by atoms with van der Waals surface area (Å²) in [6, 6.07) is 4.70. The van der Waals surface area contributed by atoms with E-state index in [1.165, 1.54) is 6.07 Å². The van der Waals surface area contributed by atoms with Gasteiger partial charge in [0, 0.05) is 6.07 Å². The molecule has 0 aliphatic heterocycles. The molecule has 1 aliphatic rings. The van der Waals surface area contributed by atoms with E-state index >= 15 is 0 Å². The van der Waals surface area contributed by atoms with Crippen LogP contribution in [0.15, 0.2) is 22.7 Å². The highest BCUT2D eigenvalue weighted by Gasteiger charge is 2.25. The van der Waals surface area contributed by atoms with Gasteiger partial charge in [0.1, 0.15) is 5.69 Å². The number of carboxylic acid groups (broad SMARTS) is 1. The first-order chi connectivity index (χ1) is 11.1. The van der Waals surface area contributed by atoms with Gasteiger partial charge >= 0.3 is 5.97 Å². The molecule has 0 saturated heterocycles. The Labute approximate surface area is 137 Å². The molecule has 1 aromatic heterocycles. The van der Waals surface area contributed by atoms with Crippen molar-refractivity contribution in [2.45, 2.75) is 31.8 Å². The molecule has 1 saturated carbocycles. The molecular formula is C16H16ClNO5. The van der Waals surface area contributed by atoms with E-state index in [9.17, 15) is 4.79 Å². The monoisotopic (exact) mass is 337 g/mol. The van der Waals surface area contributed by atoms with Gasteiger partial charge in [-0.3, -0.25) is 0 Å². The summed E-state index contributed by atoms with van der Waals surface area (Å²) in [4.78, 5) is 11.0. The number of methoxy groups -OCH3 is 1. The zero-order valence-electron chi connectivity index (χ0n) is 12.5. The number of carboxylic acids is 1. The maximum Gasteiger partial charge on any atom is 0.374 e. The van der Waals surface area contributed by atoms with E-state index in [1.54, 1.807) is 19.2 Å². The average Bonchev–Trinajstić information content (AvgIpc) is 3.19. The van der Waals surface area contributed by atoms with Gasteiger partial charge in [-0.1, -0.05) is 16.8 Å². The molecule has 1 heterocycles. The van der Waals surface area contributed by atoms with Crippen molar-refractivity contribution >= 4 is 17.6 Å². The predicted octanol–water partition coefficient (Wildman–Crippen LogP) is 4.02. The number of aromatic carboxylic acids is 1. The molecule has 0 spiro atoms. The van der Waals surface area contributed by atoms with Crippen LogP contribution in [0.25, 0.3) is 11.3 Å². The number of carbonyl (C=O) groups is 1. The van der Waals surface area contributed by atoms with Crippen LogP contribution in [0.5, 0.6) is 11.5 Å². The summed E-state index contributed by atoms with van der Waals surface area (Å²) >= 11 is 6.30. The minimum atomic E-state index is -1.19. The summed E-state index contributed by atoms with van der Waals surface area (Å²) in [6.45, 7) is 0. The molecular weight excluding hydrogens is 322 g/mol. The first-order valence-electron chi connectivity index (χ1n) is 7.33. The fourth-order valence-corrected chi connectivity index (χ4v) is 2.97. The lowest BCUT2D eigenvalue weighted by atomic mass is 10.1. The molecule has 6 nitrogen and oxygen atoms in total. The van der Waals surface area contributed by atoms with Crippen LogP contribution in [0.2, 0.25) is 5.02 Å². The lowest BCUT2D eigenvalue weighted by molar-refractivity contribution is 0.0652. The molecule has 122 valence electrons. The predicted molar refractivity (Wildman–Crippen MR) is 83.3 cm³/mol. The minimum absolute atomic E-state index is 0.0898. The van der Waals surface area contributed by atoms with Crippen molar-refractivity contribution in [2.24, 2.45) is 0 Å². The van der Waals surface area contributed by atoms with Crippen LogP contribution in [-0.2, 0) is 0 Å². The third kappa shape index (κ3) is 3.12. The van der Waals surface area contributed by atoms with Crippen molar-refractivity contribution in [1.82, 2.24) is 5.16 Å². The number of aromatic nitrogens is 1. The quantitative estimate of drug-likeness (QED) is 0.887. The highest BCUT2D eigenvalue weighted by atomic mass is 35.5. The van der Waals surface area contributed by atoms with Gasteiger partial charge in [-0.15, -0.1) is 0 Å². The van der Waals surface area contributed by atoms with Crippen LogP contribution >= 0.6 is 11.6 Å². The number of halogens is 1. The molecule has 0 bridgehead atoms. The van der Waals surface area contributed by atoms with Gasteiger partial charge in [-0.2, -0.15) is 0 Å². The Morgan fingerprint density at radius 2 is 2.13 bits per heavy atom. The highest BCUT2D eigenvalue weighted by molar-refractivity contribution is 6.33. The van der Waals surface area contributed by atoms with Gasteiger partial charge in [-0.25, -0.2) is 4.79 Å². The Morgan fingerprint density at radius 3 is 2.74 bits per heavy atom. The van der Waals surface area contributed by atoms with E-state index in [0.717, 1.165) is 25.7 Å². The number of benzene rings is 1. The molecule has 0 atom stereocenters. The summed E-state index contributed by atoms with van der Waals surface area (Å²) in [6.07, 6.45) is 4.26. The Kier molecular flexibility index (Phi) is 4.43. The van der Waals surface area contributed by atoms with Crippen LogP contribution < -0.4 is 9.47 Å². The van der Waals surface area contributed by atoms with Crippen LogP contribution in [0.4, 0.5) is 0 Å². The molecule has 23 heavy (non-hydrogen) atoms. The summed E-state index contributed by atoms with van der Waals surface area (Å²) in [5, 5.41) is 13.2. The van der Waals surface area contributed by atoms with E-state index < -0.39 is 5.97 Å². The molecule has 0 unspecified atom stereocenters. The zero-order chi connectivity index (χ0) is 16.4. The van der Waals surface area contributed by atoms with Crippen molar-refractivity contribution in [3.8, 4) is 22.8 Å². The van der Waals surface area contributed by atoms with Gasteiger partial charge in [0.15, 0.2) is 11.5 Å². The number of nitrogens with zero attached hydrogens (tertiary/aromatic N) is 1. The number of ether oxygens (including phenoxy) is 2. The lowest BCUT2D eigenvalue weighted by Gasteiger charge is -2.19. The molecule has 7 heteroatoms. The first kappa shape index (κ1) is 15.7. The number of hydrogen-bond acceptors (Lipinski definition) is 5.